The van der Waals surface area contributed by atoms with E-state index in [-0.39, 0.29) is 5.91 Å². The molecule has 2 aromatic rings. The molecule has 0 spiro atoms. The quantitative estimate of drug-likeness (QED) is 0.717. The number of ether oxygens (including phenoxy) is 1. The number of nitrogens with one attached hydrogen (secondary N) is 1. The zero-order chi connectivity index (χ0) is 17.2. The number of anilines is 1. The van der Waals surface area contributed by atoms with Crippen molar-refractivity contribution in [1.82, 2.24) is 5.32 Å². The maximum absolute atomic E-state index is 12.2. The first kappa shape index (κ1) is 18.0. The van der Waals surface area contributed by atoms with Gasteiger partial charge in [-0.1, -0.05) is 36.4 Å². The number of carbonyl (C=O) groups excluding carboxylic acids is 1. The molecule has 0 atom stereocenters. The lowest BCUT2D eigenvalue weighted by atomic mass is 10.1. The summed E-state index contributed by atoms with van der Waals surface area (Å²) in [5.74, 6) is -0.0256. The van der Waals surface area contributed by atoms with Crippen molar-refractivity contribution in [2.75, 3.05) is 32.2 Å². The number of unbranched alkanes of at least 4 members (excludes halogenated alkanes) is 1. The van der Waals surface area contributed by atoms with Crippen LogP contribution in [0, 0.1) is 0 Å². The van der Waals surface area contributed by atoms with E-state index >= 15 is 0 Å². The molecule has 2 rings (SSSR count). The summed E-state index contributed by atoms with van der Waals surface area (Å²) in [6.07, 6.45) is 1.88. The summed E-state index contributed by atoms with van der Waals surface area (Å²) < 4.78 is 5.01. The monoisotopic (exact) mass is 326 g/mol. The zero-order valence-corrected chi connectivity index (χ0v) is 14.5. The summed E-state index contributed by atoms with van der Waals surface area (Å²) in [6.45, 7) is 2.21. The van der Waals surface area contributed by atoms with Crippen LogP contribution in [-0.2, 0) is 11.3 Å². The van der Waals surface area contributed by atoms with Crippen molar-refractivity contribution < 1.29 is 9.53 Å². The van der Waals surface area contributed by atoms with Crippen LogP contribution in [0.3, 0.4) is 0 Å². The molecular weight excluding hydrogens is 300 g/mol. The van der Waals surface area contributed by atoms with Crippen molar-refractivity contribution in [2.45, 2.75) is 19.4 Å². The van der Waals surface area contributed by atoms with Gasteiger partial charge in [0, 0.05) is 45.1 Å². The van der Waals surface area contributed by atoms with Gasteiger partial charge in [-0.25, -0.2) is 0 Å². The van der Waals surface area contributed by atoms with Crippen LogP contribution in [0.1, 0.15) is 28.8 Å². The fraction of sp³-hybridized carbons (Fsp3) is 0.350. The van der Waals surface area contributed by atoms with Crippen LogP contribution in [0.4, 0.5) is 5.69 Å². The molecule has 0 aliphatic rings. The summed E-state index contributed by atoms with van der Waals surface area (Å²) in [4.78, 5) is 14.4. The number of hydrogen-bond donors (Lipinski definition) is 1. The van der Waals surface area contributed by atoms with Crippen molar-refractivity contribution in [2.24, 2.45) is 0 Å². The van der Waals surface area contributed by atoms with Gasteiger partial charge < -0.3 is 15.0 Å². The predicted molar refractivity (Wildman–Crippen MR) is 98.4 cm³/mol. The lowest BCUT2D eigenvalue weighted by Gasteiger charge is -2.20. The van der Waals surface area contributed by atoms with Gasteiger partial charge in [0.15, 0.2) is 0 Å². The van der Waals surface area contributed by atoms with E-state index in [1.807, 2.05) is 49.5 Å². The SMILES string of the molecule is COCCCCNC(=O)c1cccc(N(C)Cc2ccccc2)c1. The molecule has 0 aliphatic heterocycles. The summed E-state index contributed by atoms with van der Waals surface area (Å²) in [6, 6.07) is 18.0. The largest absolute Gasteiger partial charge is 0.385 e. The Labute approximate surface area is 144 Å². The van der Waals surface area contributed by atoms with Gasteiger partial charge in [-0.15, -0.1) is 0 Å². The first-order chi connectivity index (χ1) is 11.7. The van der Waals surface area contributed by atoms with E-state index in [1.54, 1.807) is 7.11 Å². The molecule has 4 heteroatoms. The number of hydrogen-bond acceptors (Lipinski definition) is 3. The highest BCUT2D eigenvalue weighted by atomic mass is 16.5. The Hall–Kier alpha value is -2.33. The summed E-state index contributed by atoms with van der Waals surface area (Å²) in [5, 5.41) is 2.96. The average molecular weight is 326 g/mol. The summed E-state index contributed by atoms with van der Waals surface area (Å²) >= 11 is 0. The third kappa shape index (κ3) is 5.70. The number of benzene rings is 2. The van der Waals surface area contributed by atoms with E-state index in [0.717, 1.165) is 31.7 Å². The highest BCUT2D eigenvalue weighted by Gasteiger charge is 2.08. The zero-order valence-electron chi connectivity index (χ0n) is 14.5. The minimum absolute atomic E-state index is 0.0256. The van der Waals surface area contributed by atoms with Crippen LogP contribution in [0.15, 0.2) is 54.6 Å². The van der Waals surface area contributed by atoms with Crippen molar-refractivity contribution in [3.8, 4) is 0 Å². The number of amides is 1. The molecular formula is C20H26N2O2. The third-order valence-corrected chi connectivity index (χ3v) is 3.87. The van der Waals surface area contributed by atoms with Crippen molar-refractivity contribution in [3.63, 3.8) is 0 Å². The lowest BCUT2D eigenvalue weighted by Crippen LogP contribution is -2.25. The molecule has 0 unspecified atom stereocenters. The van der Waals surface area contributed by atoms with Crippen LogP contribution < -0.4 is 10.2 Å². The van der Waals surface area contributed by atoms with Crippen LogP contribution in [0.2, 0.25) is 0 Å². The van der Waals surface area contributed by atoms with E-state index in [0.29, 0.717) is 12.1 Å². The van der Waals surface area contributed by atoms with Gasteiger partial charge >= 0.3 is 0 Å². The van der Waals surface area contributed by atoms with E-state index in [1.165, 1.54) is 5.56 Å². The van der Waals surface area contributed by atoms with Crippen molar-refractivity contribution in [3.05, 3.63) is 65.7 Å². The molecule has 0 fully saturated rings. The Bertz CT molecular complexity index is 629. The van der Waals surface area contributed by atoms with E-state index < -0.39 is 0 Å². The summed E-state index contributed by atoms with van der Waals surface area (Å²) in [7, 11) is 3.73. The van der Waals surface area contributed by atoms with Gasteiger partial charge in [0.2, 0.25) is 0 Å². The second kappa shape index (κ2) is 9.73. The Kier molecular flexibility index (Phi) is 7.30. The molecule has 1 N–H and O–H groups in total. The molecule has 4 nitrogen and oxygen atoms in total. The maximum Gasteiger partial charge on any atom is 0.251 e. The first-order valence-electron chi connectivity index (χ1n) is 8.33. The fourth-order valence-corrected chi connectivity index (χ4v) is 2.51. The normalized spacial score (nSPS) is 10.4. The predicted octanol–water partition coefficient (Wildman–Crippen LogP) is 3.48. The Balaban J connectivity index is 1.91. The minimum atomic E-state index is -0.0256. The topological polar surface area (TPSA) is 41.6 Å². The molecule has 0 bridgehead atoms. The first-order valence-corrected chi connectivity index (χ1v) is 8.33. The lowest BCUT2D eigenvalue weighted by molar-refractivity contribution is 0.0951. The van der Waals surface area contributed by atoms with E-state index in [9.17, 15) is 4.79 Å². The molecule has 2 aromatic carbocycles. The second-order valence-corrected chi connectivity index (χ2v) is 5.85. The van der Waals surface area contributed by atoms with Crippen molar-refractivity contribution >= 4 is 11.6 Å². The van der Waals surface area contributed by atoms with E-state index in [2.05, 4.69) is 22.3 Å². The molecule has 24 heavy (non-hydrogen) atoms. The Morgan fingerprint density at radius 1 is 1.08 bits per heavy atom. The number of nitrogens with zero attached hydrogens (tertiary/aromatic N) is 1. The molecule has 0 saturated heterocycles. The van der Waals surface area contributed by atoms with Gasteiger partial charge in [-0.05, 0) is 36.6 Å². The second-order valence-electron chi connectivity index (χ2n) is 5.85. The molecule has 0 heterocycles. The molecule has 1 amide bonds. The standard InChI is InChI=1S/C20H26N2O2/c1-22(16-17-9-4-3-5-10-17)19-12-8-11-18(15-19)20(23)21-13-6-7-14-24-2/h3-5,8-12,15H,6-7,13-14,16H2,1-2H3,(H,21,23). The number of methoxy groups -OCH3 is 1. The molecule has 0 radical (unpaired) electrons. The molecule has 0 aromatic heterocycles. The highest BCUT2D eigenvalue weighted by molar-refractivity contribution is 5.95. The Morgan fingerprint density at radius 2 is 1.88 bits per heavy atom. The highest BCUT2D eigenvalue weighted by Crippen LogP contribution is 2.17. The molecule has 0 saturated carbocycles. The van der Waals surface area contributed by atoms with Crippen LogP contribution >= 0.6 is 0 Å². The average Bonchev–Trinajstić information content (AvgIpc) is 2.62. The maximum atomic E-state index is 12.2. The van der Waals surface area contributed by atoms with Gasteiger partial charge in [0.1, 0.15) is 0 Å². The van der Waals surface area contributed by atoms with Crippen molar-refractivity contribution in [1.29, 1.82) is 0 Å². The van der Waals surface area contributed by atoms with E-state index in [4.69, 9.17) is 4.74 Å². The molecule has 128 valence electrons. The molecule has 0 aliphatic carbocycles. The van der Waals surface area contributed by atoms with Gasteiger partial charge in [0.05, 0.1) is 0 Å². The van der Waals surface area contributed by atoms with Crippen LogP contribution in [0.25, 0.3) is 0 Å². The van der Waals surface area contributed by atoms with Gasteiger partial charge in [-0.3, -0.25) is 4.79 Å². The summed E-state index contributed by atoms with van der Waals surface area (Å²) in [5.41, 5.74) is 2.97. The van der Waals surface area contributed by atoms with Crippen LogP contribution in [0.5, 0.6) is 0 Å². The van der Waals surface area contributed by atoms with Gasteiger partial charge in [-0.2, -0.15) is 0 Å². The number of carbonyl (C=O) groups is 1. The fourth-order valence-electron chi connectivity index (χ4n) is 2.51. The Morgan fingerprint density at radius 3 is 2.62 bits per heavy atom. The van der Waals surface area contributed by atoms with Gasteiger partial charge in [0.25, 0.3) is 5.91 Å². The number of rotatable bonds is 9. The minimum Gasteiger partial charge on any atom is -0.385 e. The van der Waals surface area contributed by atoms with Crippen LogP contribution in [-0.4, -0.2) is 33.2 Å². The smallest absolute Gasteiger partial charge is 0.251 e. The third-order valence-electron chi connectivity index (χ3n) is 3.87.